The molecule has 0 spiro atoms. The third-order valence-electron chi connectivity index (χ3n) is 3.85. The van der Waals surface area contributed by atoms with E-state index >= 15 is 0 Å². The molecular weight excluding hydrogens is 372 g/mol. The third kappa shape index (κ3) is 3.16. The van der Waals surface area contributed by atoms with E-state index in [4.69, 9.17) is 4.42 Å². The predicted molar refractivity (Wildman–Crippen MR) is 102 cm³/mol. The Kier molecular flexibility index (Phi) is 4.35. The van der Waals surface area contributed by atoms with Gasteiger partial charge in [-0.25, -0.2) is 23.1 Å². The number of para-hydroxylation sites is 1. The van der Waals surface area contributed by atoms with Crippen LogP contribution >= 0.6 is 11.3 Å². The molecular formula is C17H16N4O3S2. The van der Waals surface area contributed by atoms with Gasteiger partial charge in [0, 0.05) is 23.4 Å². The number of benzene rings is 1. The molecule has 0 atom stereocenters. The fraction of sp³-hybridized carbons (Fsp3) is 0.176. The minimum absolute atomic E-state index is 0.227. The number of aromatic nitrogens is 2. The van der Waals surface area contributed by atoms with Crippen LogP contribution in [-0.4, -0.2) is 31.5 Å². The van der Waals surface area contributed by atoms with Crippen molar-refractivity contribution in [3.8, 4) is 0 Å². The normalized spacial score (nSPS) is 12.0. The number of nitrogens with zero attached hydrogens (tertiary/aromatic N) is 2. The van der Waals surface area contributed by atoms with Gasteiger partial charge in [0.15, 0.2) is 11.4 Å². The lowest BCUT2D eigenvalue weighted by Gasteiger charge is -2.07. The monoisotopic (exact) mass is 388 g/mol. The second-order valence-corrected chi connectivity index (χ2v) is 8.97. The standard InChI is InChI=1S/C17H16N4O3S2/c1-11-6-7-14(25-11)26(22,23)21-9-8-18-17-16-15(19-10-20-17)12-4-2-3-5-13(12)24-16/h2-7,10,21H,8-9H2,1H3,(H,18,19,20). The Bertz CT molecular complexity index is 1180. The van der Waals surface area contributed by atoms with Crippen LogP contribution in [0.25, 0.3) is 22.1 Å². The molecule has 0 fully saturated rings. The largest absolute Gasteiger partial charge is 0.450 e. The van der Waals surface area contributed by atoms with Crippen molar-refractivity contribution in [3.63, 3.8) is 0 Å². The maximum atomic E-state index is 12.2. The topological polar surface area (TPSA) is 97.1 Å². The van der Waals surface area contributed by atoms with Crippen molar-refractivity contribution < 1.29 is 12.8 Å². The first kappa shape index (κ1) is 17.0. The molecule has 0 aliphatic carbocycles. The van der Waals surface area contributed by atoms with E-state index in [2.05, 4.69) is 20.0 Å². The molecule has 0 saturated carbocycles. The van der Waals surface area contributed by atoms with Crippen LogP contribution in [0, 0.1) is 6.92 Å². The molecule has 0 aliphatic rings. The molecule has 0 amide bonds. The first-order valence-electron chi connectivity index (χ1n) is 7.97. The van der Waals surface area contributed by atoms with Gasteiger partial charge < -0.3 is 9.73 Å². The van der Waals surface area contributed by atoms with Crippen LogP contribution in [0.3, 0.4) is 0 Å². The highest BCUT2D eigenvalue weighted by Crippen LogP contribution is 2.30. The number of hydrogen-bond donors (Lipinski definition) is 2. The Morgan fingerprint density at radius 1 is 1.12 bits per heavy atom. The smallest absolute Gasteiger partial charge is 0.250 e. The van der Waals surface area contributed by atoms with Gasteiger partial charge in [-0.15, -0.1) is 11.3 Å². The van der Waals surface area contributed by atoms with Crippen molar-refractivity contribution in [2.45, 2.75) is 11.1 Å². The van der Waals surface area contributed by atoms with Crippen molar-refractivity contribution in [1.82, 2.24) is 14.7 Å². The summed E-state index contributed by atoms with van der Waals surface area (Å²) in [6.07, 6.45) is 1.46. The third-order valence-corrected chi connectivity index (χ3v) is 6.80. The van der Waals surface area contributed by atoms with E-state index in [-0.39, 0.29) is 6.54 Å². The highest BCUT2D eigenvalue weighted by molar-refractivity contribution is 7.91. The summed E-state index contributed by atoms with van der Waals surface area (Å²) in [4.78, 5) is 9.45. The maximum absolute atomic E-state index is 12.2. The number of fused-ring (bicyclic) bond motifs is 3. The van der Waals surface area contributed by atoms with Crippen LogP contribution < -0.4 is 10.0 Å². The lowest BCUT2D eigenvalue weighted by atomic mass is 10.2. The van der Waals surface area contributed by atoms with Gasteiger partial charge in [-0.2, -0.15) is 0 Å². The molecule has 3 heterocycles. The summed E-state index contributed by atoms with van der Waals surface area (Å²) in [7, 11) is -3.48. The molecule has 26 heavy (non-hydrogen) atoms. The van der Waals surface area contributed by atoms with Gasteiger partial charge in [0.2, 0.25) is 10.0 Å². The number of hydrogen-bond acceptors (Lipinski definition) is 7. The van der Waals surface area contributed by atoms with Gasteiger partial charge >= 0.3 is 0 Å². The van der Waals surface area contributed by atoms with Crippen LogP contribution in [0.4, 0.5) is 5.82 Å². The van der Waals surface area contributed by atoms with E-state index < -0.39 is 10.0 Å². The second-order valence-electron chi connectivity index (χ2n) is 5.69. The second kappa shape index (κ2) is 6.67. The zero-order valence-electron chi connectivity index (χ0n) is 13.9. The molecule has 2 N–H and O–H groups in total. The molecule has 1 aromatic carbocycles. The molecule has 3 aromatic heterocycles. The Hall–Kier alpha value is -2.49. The van der Waals surface area contributed by atoms with Gasteiger partial charge in [0.1, 0.15) is 21.6 Å². The molecule has 0 radical (unpaired) electrons. The lowest BCUT2D eigenvalue weighted by Crippen LogP contribution is -2.28. The summed E-state index contributed by atoms with van der Waals surface area (Å²) in [5.74, 6) is 0.539. The van der Waals surface area contributed by atoms with E-state index in [1.54, 1.807) is 12.1 Å². The number of sulfonamides is 1. The Labute approximate surface area is 154 Å². The van der Waals surface area contributed by atoms with Crippen molar-refractivity contribution in [2.24, 2.45) is 0 Å². The van der Waals surface area contributed by atoms with E-state index in [0.717, 1.165) is 21.4 Å². The number of aryl methyl sites for hydroxylation is 1. The van der Waals surface area contributed by atoms with E-state index in [0.29, 0.717) is 22.2 Å². The van der Waals surface area contributed by atoms with Crippen LogP contribution in [0.5, 0.6) is 0 Å². The minimum Gasteiger partial charge on any atom is -0.450 e. The first-order chi connectivity index (χ1) is 12.5. The zero-order chi connectivity index (χ0) is 18.1. The van der Waals surface area contributed by atoms with E-state index in [1.807, 2.05) is 31.2 Å². The fourth-order valence-electron chi connectivity index (χ4n) is 2.64. The molecule has 0 aliphatic heterocycles. The van der Waals surface area contributed by atoms with E-state index in [9.17, 15) is 8.42 Å². The number of rotatable bonds is 6. The predicted octanol–water partition coefficient (Wildman–Crippen LogP) is 3.14. The van der Waals surface area contributed by atoms with Gasteiger partial charge in [-0.3, -0.25) is 0 Å². The summed E-state index contributed by atoms with van der Waals surface area (Å²) in [6, 6.07) is 11.0. The molecule has 4 aromatic rings. The van der Waals surface area contributed by atoms with Crippen LogP contribution in [-0.2, 0) is 10.0 Å². The van der Waals surface area contributed by atoms with Gasteiger partial charge in [-0.1, -0.05) is 12.1 Å². The Morgan fingerprint density at radius 2 is 1.96 bits per heavy atom. The molecule has 4 rings (SSSR count). The van der Waals surface area contributed by atoms with Crippen molar-refractivity contribution in [1.29, 1.82) is 0 Å². The quantitative estimate of drug-likeness (QED) is 0.493. The number of nitrogens with one attached hydrogen (secondary N) is 2. The number of anilines is 1. The van der Waals surface area contributed by atoms with E-state index in [1.165, 1.54) is 17.7 Å². The summed E-state index contributed by atoms with van der Waals surface area (Å²) in [6.45, 7) is 2.47. The van der Waals surface area contributed by atoms with Crippen molar-refractivity contribution in [2.75, 3.05) is 18.4 Å². The molecule has 0 saturated heterocycles. The molecule has 9 heteroatoms. The number of furan rings is 1. The lowest BCUT2D eigenvalue weighted by molar-refractivity contribution is 0.585. The van der Waals surface area contributed by atoms with Crippen LogP contribution in [0.2, 0.25) is 0 Å². The summed E-state index contributed by atoms with van der Waals surface area (Å²) >= 11 is 1.25. The van der Waals surface area contributed by atoms with Crippen LogP contribution in [0.1, 0.15) is 4.88 Å². The number of thiophene rings is 1. The summed E-state index contributed by atoms with van der Waals surface area (Å²) < 4.78 is 33.2. The van der Waals surface area contributed by atoms with Gasteiger partial charge in [-0.05, 0) is 31.2 Å². The molecule has 0 unspecified atom stereocenters. The van der Waals surface area contributed by atoms with Crippen molar-refractivity contribution >= 4 is 49.2 Å². The Balaban J connectivity index is 1.47. The highest BCUT2D eigenvalue weighted by Gasteiger charge is 2.16. The minimum atomic E-state index is -3.48. The highest BCUT2D eigenvalue weighted by atomic mass is 32.2. The SMILES string of the molecule is Cc1ccc(S(=O)(=O)NCCNc2ncnc3c2oc2ccccc23)s1. The molecule has 0 bridgehead atoms. The van der Waals surface area contributed by atoms with Gasteiger partial charge in [0.05, 0.1) is 0 Å². The molecule has 7 nitrogen and oxygen atoms in total. The zero-order valence-corrected chi connectivity index (χ0v) is 15.5. The Morgan fingerprint density at radius 3 is 2.77 bits per heavy atom. The van der Waals surface area contributed by atoms with Crippen molar-refractivity contribution in [3.05, 3.63) is 47.6 Å². The first-order valence-corrected chi connectivity index (χ1v) is 10.3. The average molecular weight is 388 g/mol. The summed E-state index contributed by atoms with van der Waals surface area (Å²) in [5, 5.41) is 4.03. The van der Waals surface area contributed by atoms with Gasteiger partial charge in [0.25, 0.3) is 0 Å². The summed E-state index contributed by atoms with van der Waals surface area (Å²) in [5.41, 5.74) is 2.03. The average Bonchev–Trinajstić information content (AvgIpc) is 3.23. The fourth-order valence-corrected chi connectivity index (χ4v) is 5.00. The maximum Gasteiger partial charge on any atom is 0.250 e. The van der Waals surface area contributed by atoms with Crippen LogP contribution in [0.15, 0.2) is 51.4 Å². The molecule has 134 valence electrons.